The first-order valence-corrected chi connectivity index (χ1v) is 20.7. The highest BCUT2D eigenvalue weighted by molar-refractivity contribution is 6.13. The minimum absolute atomic E-state index is 0.607. The molecule has 2 aliphatic heterocycles. The largest absolute Gasteiger partial charge is 0.456 e. The molecule has 3 heterocycles. The van der Waals surface area contributed by atoms with Crippen LogP contribution in [-0.4, -0.2) is 4.57 Å². The van der Waals surface area contributed by atoms with E-state index in [1.807, 2.05) is 54.6 Å². The van der Waals surface area contributed by atoms with Crippen LogP contribution in [0.15, 0.2) is 218 Å². The minimum atomic E-state index is -0.607. The van der Waals surface area contributed by atoms with Crippen molar-refractivity contribution in [3.05, 3.63) is 246 Å². The number of nitrogens with one attached hydrogen (secondary N) is 1. The Kier molecular flexibility index (Phi) is 8.68. The minimum Gasteiger partial charge on any atom is -0.456 e. The quantitative estimate of drug-likeness (QED) is 0.175. The van der Waals surface area contributed by atoms with Crippen molar-refractivity contribution >= 4 is 55.9 Å². The van der Waals surface area contributed by atoms with Crippen molar-refractivity contribution in [1.29, 1.82) is 0 Å². The van der Waals surface area contributed by atoms with Crippen LogP contribution in [-0.2, 0) is 5.41 Å². The van der Waals surface area contributed by atoms with Crippen LogP contribution in [0.25, 0.3) is 27.5 Å². The summed E-state index contributed by atoms with van der Waals surface area (Å²) in [5.74, 6) is 1.80. The van der Waals surface area contributed by atoms with Crippen LogP contribution in [0, 0.1) is 6.92 Å². The molecule has 0 atom stereocenters. The second-order valence-corrected chi connectivity index (χ2v) is 15.7. The molecule has 5 nitrogen and oxygen atoms in total. The SMILES string of the molecule is Cc1ccc(-n2c3ccccc3c3c4c(ccc32)C2(c3ccccc3O4)c3ccccc3N(c3ccccc3)c3ccccc32)cc1.Nc1ccccc1Nc1ccccc1. The number of ether oxygens (including phenoxy) is 1. The molecule has 0 radical (unpaired) electrons. The van der Waals surface area contributed by atoms with E-state index >= 15 is 0 Å². The number of anilines is 6. The highest BCUT2D eigenvalue weighted by Gasteiger charge is 2.51. The predicted molar refractivity (Wildman–Crippen MR) is 253 cm³/mol. The van der Waals surface area contributed by atoms with E-state index in [4.69, 9.17) is 10.5 Å². The third-order valence-electron chi connectivity index (χ3n) is 12.1. The molecular weight excluding hydrogens is 745 g/mol. The van der Waals surface area contributed by atoms with Gasteiger partial charge in [-0.25, -0.2) is 0 Å². The van der Waals surface area contributed by atoms with E-state index in [9.17, 15) is 0 Å². The molecule has 0 aliphatic carbocycles. The second-order valence-electron chi connectivity index (χ2n) is 15.7. The van der Waals surface area contributed by atoms with Gasteiger partial charge >= 0.3 is 0 Å². The zero-order chi connectivity index (χ0) is 40.9. The molecule has 0 amide bonds. The molecule has 2 aliphatic rings. The Balaban J connectivity index is 0.000000256. The molecule has 61 heavy (non-hydrogen) atoms. The lowest BCUT2D eigenvalue weighted by Gasteiger charge is -2.48. The van der Waals surface area contributed by atoms with Crippen molar-refractivity contribution in [2.24, 2.45) is 0 Å². The fraction of sp³-hybridized carbons (Fsp3) is 0.0357. The van der Waals surface area contributed by atoms with Crippen LogP contribution in [0.4, 0.5) is 34.1 Å². The number of para-hydroxylation sites is 8. The highest BCUT2D eigenvalue weighted by atomic mass is 16.5. The van der Waals surface area contributed by atoms with Crippen LogP contribution in [0.1, 0.15) is 27.8 Å². The third-order valence-corrected chi connectivity index (χ3v) is 12.1. The number of benzene rings is 9. The van der Waals surface area contributed by atoms with Crippen molar-refractivity contribution < 1.29 is 4.74 Å². The Morgan fingerprint density at radius 2 is 1.07 bits per heavy atom. The maximum absolute atomic E-state index is 7.11. The molecule has 9 aromatic carbocycles. The van der Waals surface area contributed by atoms with Gasteiger partial charge in [-0.15, -0.1) is 0 Å². The summed E-state index contributed by atoms with van der Waals surface area (Å²) in [5, 5.41) is 5.56. The standard InChI is InChI=1S/C44H30N2O.C12H12N2/c1-29-23-25-31(26-24-29)45-37-19-9-5-15-32(37)42-40(45)28-27-36-43(42)47-41-22-12-8-18-35(41)44(36)33-16-6-10-20-38(33)46(30-13-3-2-4-14-30)39-21-11-7-17-34(39)44;13-11-8-4-5-9-12(11)14-10-6-2-1-3-7-10/h2-28H,1H3;1-9,14H,13H2. The fourth-order valence-electron chi connectivity index (χ4n) is 9.49. The summed E-state index contributed by atoms with van der Waals surface area (Å²) < 4.78 is 9.49. The van der Waals surface area contributed by atoms with Gasteiger partial charge in [0.15, 0.2) is 0 Å². The van der Waals surface area contributed by atoms with Crippen molar-refractivity contribution in [1.82, 2.24) is 4.57 Å². The molecule has 0 saturated carbocycles. The Morgan fingerprint density at radius 3 is 1.79 bits per heavy atom. The lowest BCUT2D eigenvalue weighted by molar-refractivity contribution is 0.439. The highest BCUT2D eigenvalue weighted by Crippen LogP contribution is 2.64. The van der Waals surface area contributed by atoms with Gasteiger partial charge in [0.25, 0.3) is 0 Å². The molecule has 1 spiro atoms. The summed E-state index contributed by atoms with van der Waals surface area (Å²) in [7, 11) is 0. The van der Waals surface area contributed by atoms with Gasteiger partial charge in [-0.1, -0.05) is 145 Å². The lowest BCUT2D eigenvalue weighted by atomic mass is 9.61. The van der Waals surface area contributed by atoms with E-state index in [-0.39, 0.29) is 0 Å². The molecule has 292 valence electrons. The average molecular weight is 787 g/mol. The summed E-state index contributed by atoms with van der Waals surface area (Å²) in [6.07, 6.45) is 0. The number of aromatic nitrogens is 1. The van der Waals surface area contributed by atoms with E-state index in [1.165, 1.54) is 33.5 Å². The van der Waals surface area contributed by atoms with Crippen LogP contribution in [0.3, 0.4) is 0 Å². The van der Waals surface area contributed by atoms with Crippen molar-refractivity contribution in [3.63, 3.8) is 0 Å². The molecule has 1 aromatic heterocycles. The first-order chi connectivity index (χ1) is 30.1. The predicted octanol–water partition coefficient (Wildman–Crippen LogP) is 14.4. The van der Waals surface area contributed by atoms with Crippen LogP contribution < -0.4 is 20.7 Å². The molecule has 0 fully saturated rings. The number of fused-ring (bicyclic) bond motifs is 12. The Morgan fingerprint density at radius 1 is 0.475 bits per heavy atom. The maximum Gasteiger partial charge on any atom is 0.142 e. The molecule has 0 saturated heterocycles. The van der Waals surface area contributed by atoms with Crippen LogP contribution in [0.5, 0.6) is 11.5 Å². The van der Waals surface area contributed by atoms with Crippen molar-refractivity contribution in [2.75, 3.05) is 16.0 Å². The van der Waals surface area contributed by atoms with Crippen molar-refractivity contribution in [3.8, 4) is 17.2 Å². The van der Waals surface area contributed by atoms with Crippen molar-refractivity contribution in [2.45, 2.75) is 12.3 Å². The molecule has 0 unspecified atom stereocenters. The van der Waals surface area contributed by atoms with Gasteiger partial charge in [0.05, 0.1) is 44.6 Å². The summed E-state index contributed by atoms with van der Waals surface area (Å²) in [4.78, 5) is 2.41. The number of aryl methyl sites for hydroxylation is 1. The molecule has 0 bridgehead atoms. The number of rotatable bonds is 4. The lowest BCUT2D eigenvalue weighted by Crippen LogP contribution is -2.39. The van der Waals surface area contributed by atoms with E-state index in [1.54, 1.807) is 0 Å². The Hall–Kier alpha value is -8.02. The first kappa shape index (κ1) is 36.1. The first-order valence-electron chi connectivity index (χ1n) is 20.7. The molecular formula is C56H42N4O. The number of hydrogen-bond acceptors (Lipinski definition) is 4. The summed E-state index contributed by atoms with van der Waals surface area (Å²) >= 11 is 0. The molecule has 12 rings (SSSR count). The van der Waals surface area contributed by atoms with Gasteiger partial charge < -0.3 is 25.3 Å². The van der Waals surface area contributed by atoms with Gasteiger partial charge in [0.2, 0.25) is 0 Å². The van der Waals surface area contributed by atoms with Crippen LogP contribution >= 0.6 is 0 Å². The zero-order valence-electron chi connectivity index (χ0n) is 33.7. The van der Waals surface area contributed by atoms with E-state index in [2.05, 4.69) is 185 Å². The van der Waals surface area contributed by atoms with E-state index < -0.39 is 5.41 Å². The second kappa shape index (κ2) is 14.7. The van der Waals surface area contributed by atoms with Gasteiger partial charge in [-0.2, -0.15) is 0 Å². The maximum atomic E-state index is 7.11. The summed E-state index contributed by atoms with van der Waals surface area (Å²) in [5.41, 5.74) is 20.9. The van der Waals surface area contributed by atoms with Gasteiger partial charge in [-0.05, 0) is 96.9 Å². The topological polar surface area (TPSA) is 55.5 Å². The zero-order valence-corrected chi connectivity index (χ0v) is 33.7. The number of nitrogens with zero attached hydrogens (tertiary/aromatic N) is 2. The number of nitrogens with two attached hydrogens (primary N) is 1. The fourth-order valence-corrected chi connectivity index (χ4v) is 9.49. The average Bonchev–Trinajstić information content (AvgIpc) is 3.66. The molecule has 3 N–H and O–H groups in total. The van der Waals surface area contributed by atoms with E-state index in [0.717, 1.165) is 67.5 Å². The summed E-state index contributed by atoms with van der Waals surface area (Å²) in [6.45, 7) is 2.13. The van der Waals surface area contributed by atoms with Gasteiger partial charge in [0, 0.05) is 33.6 Å². The van der Waals surface area contributed by atoms with Crippen LogP contribution in [0.2, 0.25) is 0 Å². The van der Waals surface area contributed by atoms with Gasteiger partial charge in [-0.3, -0.25) is 0 Å². The smallest absolute Gasteiger partial charge is 0.142 e. The number of nitrogen functional groups attached to an aromatic ring is 1. The monoisotopic (exact) mass is 786 g/mol. The van der Waals surface area contributed by atoms with E-state index in [0.29, 0.717) is 0 Å². The normalized spacial score (nSPS) is 13.0. The third kappa shape index (κ3) is 5.77. The molecule has 10 aromatic rings. The Bertz CT molecular complexity index is 3180. The van der Waals surface area contributed by atoms with Gasteiger partial charge in [0.1, 0.15) is 11.5 Å². The summed E-state index contributed by atoms with van der Waals surface area (Å²) in [6, 6.07) is 77.0. The molecule has 5 heteroatoms. The Labute approximate surface area is 355 Å². The number of hydrogen-bond donors (Lipinski definition) is 2.